The Hall–Kier alpha value is -3.26. The lowest BCUT2D eigenvalue weighted by Crippen LogP contribution is -2.13. The summed E-state index contributed by atoms with van der Waals surface area (Å²) in [5.74, 6) is -1.32. The van der Waals surface area contributed by atoms with E-state index in [1.54, 1.807) is 29.8 Å². The Bertz CT molecular complexity index is 1110. The zero-order chi connectivity index (χ0) is 19.6. The number of amides is 1. The third-order valence-electron chi connectivity index (χ3n) is 3.98. The molecule has 27 heavy (non-hydrogen) atoms. The summed E-state index contributed by atoms with van der Waals surface area (Å²) >= 11 is 1.29. The fourth-order valence-corrected chi connectivity index (χ4v) is 3.56. The van der Waals surface area contributed by atoms with Gasteiger partial charge in [0.1, 0.15) is 0 Å². The molecule has 1 heterocycles. The predicted octanol–water partition coefficient (Wildman–Crippen LogP) is 2.55. The first-order chi connectivity index (χ1) is 12.9. The normalized spacial score (nSPS) is 11.4. The number of aromatic nitrogens is 1. The van der Waals surface area contributed by atoms with Crippen LogP contribution in [0.4, 0.5) is 0 Å². The largest absolute Gasteiger partial charge is 0.465 e. The molecule has 1 aromatic heterocycles. The zero-order valence-corrected chi connectivity index (χ0v) is 15.7. The zero-order valence-electron chi connectivity index (χ0n) is 14.9. The Morgan fingerprint density at radius 2 is 1.44 bits per heavy atom. The smallest absolute Gasteiger partial charge is 0.337 e. The fraction of sp³-hybridized carbons (Fsp3) is 0.158. The molecule has 0 fully saturated rings. The number of carbonyl (C=O) groups excluding carboxylic acids is 3. The second-order valence-corrected chi connectivity index (χ2v) is 6.61. The molecule has 0 saturated carbocycles. The maximum atomic E-state index is 12.5. The summed E-state index contributed by atoms with van der Waals surface area (Å²) in [6, 6.07) is 11.2. The van der Waals surface area contributed by atoms with Gasteiger partial charge in [0.25, 0.3) is 5.91 Å². The summed E-state index contributed by atoms with van der Waals surface area (Å²) < 4.78 is 12.0. The molecular formula is C19H16N2O5S. The summed E-state index contributed by atoms with van der Waals surface area (Å²) in [6.07, 6.45) is 0. The van der Waals surface area contributed by atoms with Crippen molar-refractivity contribution >= 4 is 39.4 Å². The van der Waals surface area contributed by atoms with Crippen molar-refractivity contribution in [3.63, 3.8) is 0 Å². The summed E-state index contributed by atoms with van der Waals surface area (Å²) in [7, 11) is 4.42. The minimum absolute atomic E-state index is 0.357. The fourth-order valence-electron chi connectivity index (χ4n) is 2.50. The molecule has 0 atom stereocenters. The van der Waals surface area contributed by atoms with Crippen LogP contribution in [0.3, 0.4) is 0 Å². The number of thiazole rings is 1. The Morgan fingerprint density at radius 3 is 2.07 bits per heavy atom. The van der Waals surface area contributed by atoms with Gasteiger partial charge in [-0.15, -0.1) is 0 Å². The van der Waals surface area contributed by atoms with Gasteiger partial charge in [-0.3, -0.25) is 4.79 Å². The average Bonchev–Trinajstić information content (AvgIpc) is 3.01. The highest BCUT2D eigenvalue weighted by molar-refractivity contribution is 7.16. The summed E-state index contributed by atoms with van der Waals surface area (Å²) in [5, 5.41) is 0. The van der Waals surface area contributed by atoms with Crippen LogP contribution >= 0.6 is 11.3 Å². The van der Waals surface area contributed by atoms with E-state index in [9.17, 15) is 14.4 Å². The van der Waals surface area contributed by atoms with E-state index in [-0.39, 0.29) is 0 Å². The van der Waals surface area contributed by atoms with E-state index in [0.717, 1.165) is 10.2 Å². The molecule has 0 N–H and O–H groups in total. The quantitative estimate of drug-likeness (QED) is 0.648. The van der Waals surface area contributed by atoms with Gasteiger partial charge in [-0.05, 0) is 42.5 Å². The van der Waals surface area contributed by atoms with Crippen LogP contribution in [-0.2, 0) is 16.5 Å². The van der Waals surface area contributed by atoms with E-state index >= 15 is 0 Å². The number of fused-ring (bicyclic) bond motifs is 1. The maximum Gasteiger partial charge on any atom is 0.337 e. The highest BCUT2D eigenvalue weighted by Gasteiger charge is 2.12. The van der Waals surface area contributed by atoms with Crippen molar-refractivity contribution in [1.29, 1.82) is 0 Å². The number of esters is 2. The van der Waals surface area contributed by atoms with Gasteiger partial charge in [-0.25, -0.2) is 9.59 Å². The first-order valence-corrected chi connectivity index (χ1v) is 8.71. The molecule has 0 spiro atoms. The number of methoxy groups -OCH3 is 2. The van der Waals surface area contributed by atoms with E-state index in [1.807, 2.05) is 0 Å². The number of ether oxygens (including phenoxy) is 2. The Labute approximate surface area is 158 Å². The highest BCUT2D eigenvalue weighted by atomic mass is 32.1. The molecule has 1 amide bonds. The SMILES string of the molecule is COC(=O)c1ccc(C(=O)N=c2sc3cc(C(=O)OC)ccc3n2C)cc1. The van der Waals surface area contributed by atoms with E-state index in [0.29, 0.717) is 21.5 Å². The molecule has 0 aliphatic heterocycles. The molecule has 0 bridgehead atoms. The van der Waals surface area contributed by atoms with Crippen LogP contribution in [0.1, 0.15) is 31.1 Å². The molecule has 0 unspecified atom stereocenters. The highest BCUT2D eigenvalue weighted by Crippen LogP contribution is 2.19. The van der Waals surface area contributed by atoms with Crippen molar-refractivity contribution in [2.24, 2.45) is 12.0 Å². The third-order valence-corrected chi connectivity index (χ3v) is 5.08. The summed E-state index contributed by atoms with van der Waals surface area (Å²) in [5.41, 5.74) is 2.00. The lowest BCUT2D eigenvalue weighted by Gasteiger charge is -2.00. The monoisotopic (exact) mass is 384 g/mol. The van der Waals surface area contributed by atoms with E-state index in [1.165, 1.54) is 49.8 Å². The standard InChI is InChI=1S/C19H16N2O5S/c1-21-14-9-8-13(18(24)26-3)10-15(14)27-19(21)20-16(22)11-4-6-12(7-5-11)17(23)25-2/h4-10H,1-3H3. The molecule has 0 aliphatic rings. The molecule has 7 nitrogen and oxygen atoms in total. The average molecular weight is 384 g/mol. The van der Waals surface area contributed by atoms with Gasteiger partial charge in [0.2, 0.25) is 0 Å². The first kappa shape index (κ1) is 18.5. The second-order valence-electron chi connectivity index (χ2n) is 5.60. The molecule has 138 valence electrons. The minimum Gasteiger partial charge on any atom is -0.465 e. The van der Waals surface area contributed by atoms with Crippen LogP contribution in [0.15, 0.2) is 47.5 Å². The number of hydrogen-bond donors (Lipinski definition) is 0. The minimum atomic E-state index is -0.469. The van der Waals surface area contributed by atoms with Gasteiger partial charge in [0, 0.05) is 12.6 Å². The van der Waals surface area contributed by atoms with Crippen LogP contribution < -0.4 is 4.80 Å². The van der Waals surface area contributed by atoms with E-state index in [4.69, 9.17) is 4.74 Å². The molecule has 0 aliphatic carbocycles. The first-order valence-electron chi connectivity index (χ1n) is 7.90. The van der Waals surface area contributed by atoms with Crippen LogP contribution in [-0.4, -0.2) is 36.6 Å². The lowest BCUT2D eigenvalue weighted by atomic mass is 10.1. The summed E-state index contributed by atoms with van der Waals surface area (Å²) in [4.78, 5) is 40.2. The number of benzene rings is 2. The molecule has 0 radical (unpaired) electrons. The Kier molecular flexibility index (Phi) is 5.18. The van der Waals surface area contributed by atoms with Gasteiger partial charge >= 0.3 is 11.9 Å². The van der Waals surface area contributed by atoms with Crippen molar-refractivity contribution in [3.05, 3.63) is 64.0 Å². The van der Waals surface area contributed by atoms with Crippen LogP contribution in [0, 0.1) is 0 Å². The molecule has 2 aromatic carbocycles. The number of nitrogens with zero attached hydrogens (tertiary/aromatic N) is 2. The molecule has 8 heteroatoms. The Morgan fingerprint density at radius 1 is 0.889 bits per heavy atom. The number of hydrogen-bond acceptors (Lipinski definition) is 6. The second kappa shape index (κ2) is 7.55. The number of aryl methyl sites for hydroxylation is 1. The van der Waals surface area contributed by atoms with Gasteiger partial charge in [0.05, 0.1) is 35.6 Å². The Balaban J connectivity index is 1.97. The van der Waals surface area contributed by atoms with Crippen molar-refractivity contribution < 1.29 is 23.9 Å². The molecule has 3 aromatic rings. The van der Waals surface area contributed by atoms with Gasteiger partial charge in [0.15, 0.2) is 4.80 Å². The van der Waals surface area contributed by atoms with Gasteiger partial charge in [-0.1, -0.05) is 11.3 Å². The van der Waals surface area contributed by atoms with Crippen molar-refractivity contribution in [2.45, 2.75) is 0 Å². The third kappa shape index (κ3) is 3.65. The van der Waals surface area contributed by atoms with Crippen LogP contribution in [0.25, 0.3) is 10.2 Å². The van der Waals surface area contributed by atoms with Gasteiger partial charge in [-0.2, -0.15) is 4.99 Å². The molecular weight excluding hydrogens is 368 g/mol. The van der Waals surface area contributed by atoms with Crippen molar-refractivity contribution in [1.82, 2.24) is 4.57 Å². The van der Waals surface area contributed by atoms with Crippen molar-refractivity contribution in [2.75, 3.05) is 14.2 Å². The lowest BCUT2D eigenvalue weighted by molar-refractivity contribution is 0.0592. The molecule has 0 saturated heterocycles. The van der Waals surface area contributed by atoms with Crippen LogP contribution in [0.2, 0.25) is 0 Å². The predicted molar refractivity (Wildman–Crippen MR) is 99.8 cm³/mol. The van der Waals surface area contributed by atoms with Crippen LogP contribution in [0.5, 0.6) is 0 Å². The topological polar surface area (TPSA) is 87.0 Å². The summed E-state index contributed by atoms with van der Waals surface area (Å²) in [6.45, 7) is 0. The maximum absolute atomic E-state index is 12.5. The number of rotatable bonds is 3. The number of carbonyl (C=O) groups is 3. The van der Waals surface area contributed by atoms with Gasteiger partial charge < -0.3 is 14.0 Å². The van der Waals surface area contributed by atoms with E-state index in [2.05, 4.69) is 9.73 Å². The molecule has 3 rings (SSSR count). The van der Waals surface area contributed by atoms with Crippen molar-refractivity contribution in [3.8, 4) is 0 Å². The van der Waals surface area contributed by atoms with E-state index < -0.39 is 17.8 Å².